The normalized spacial score (nSPS) is 15.0. The third-order valence-electron chi connectivity index (χ3n) is 4.55. The van der Waals surface area contributed by atoms with Gasteiger partial charge < -0.3 is 9.64 Å². The predicted molar refractivity (Wildman–Crippen MR) is 103 cm³/mol. The minimum atomic E-state index is -0.594. The Kier molecular flexibility index (Phi) is 5.52. The molecule has 1 fully saturated rings. The van der Waals surface area contributed by atoms with Gasteiger partial charge in [-0.15, -0.1) is 0 Å². The molecule has 5 nitrogen and oxygen atoms in total. The topological polar surface area (TPSA) is 66.2 Å². The molecule has 0 atom stereocenters. The van der Waals surface area contributed by atoms with Gasteiger partial charge in [-0.2, -0.15) is 5.26 Å². The van der Waals surface area contributed by atoms with Crippen molar-refractivity contribution in [1.29, 1.82) is 5.26 Å². The summed E-state index contributed by atoms with van der Waals surface area (Å²) in [7, 11) is 0. The molecule has 1 aromatic carbocycles. The average molecular weight is 349 g/mol. The van der Waals surface area contributed by atoms with Gasteiger partial charge in [-0.1, -0.05) is 12.1 Å². The number of aryl methyl sites for hydroxylation is 1. The second-order valence-corrected chi connectivity index (χ2v) is 6.54. The smallest absolute Gasteiger partial charge is 0.348 e. The zero-order chi connectivity index (χ0) is 18.5. The van der Waals surface area contributed by atoms with Crippen molar-refractivity contribution in [1.82, 2.24) is 4.98 Å². The van der Waals surface area contributed by atoms with Gasteiger partial charge in [0.15, 0.2) is 0 Å². The van der Waals surface area contributed by atoms with Crippen LogP contribution in [0.2, 0.25) is 0 Å². The summed E-state index contributed by atoms with van der Waals surface area (Å²) in [4.78, 5) is 19.1. The van der Waals surface area contributed by atoms with E-state index in [1.165, 1.54) is 6.42 Å². The van der Waals surface area contributed by atoms with Crippen molar-refractivity contribution in [3.05, 3.63) is 41.0 Å². The lowest BCUT2D eigenvalue weighted by atomic mass is 10.1. The van der Waals surface area contributed by atoms with Gasteiger partial charge in [-0.3, -0.25) is 0 Å². The van der Waals surface area contributed by atoms with Gasteiger partial charge in [0.1, 0.15) is 17.5 Å². The largest absolute Gasteiger partial charge is 0.462 e. The highest BCUT2D eigenvalue weighted by molar-refractivity contribution is 5.99. The van der Waals surface area contributed by atoms with E-state index in [9.17, 15) is 10.1 Å². The lowest BCUT2D eigenvalue weighted by Gasteiger charge is -2.29. The standard InChI is InChI=1S/C21H23N3O2/c1-3-26-21(25)18(14-22)13-17-12-16-8-7-15(2)11-19(16)23-20(17)24-9-5-4-6-10-24/h7-8,11-13H,3-6,9-10H2,1-2H3/b18-13+. The summed E-state index contributed by atoms with van der Waals surface area (Å²) in [6.07, 6.45) is 5.08. The summed E-state index contributed by atoms with van der Waals surface area (Å²) < 4.78 is 4.99. The number of nitrogens with zero attached hydrogens (tertiary/aromatic N) is 3. The van der Waals surface area contributed by atoms with Crippen LogP contribution in [0.15, 0.2) is 29.8 Å². The van der Waals surface area contributed by atoms with Crippen molar-refractivity contribution in [3.63, 3.8) is 0 Å². The first-order valence-electron chi connectivity index (χ1n) is 9.07. The number of pyridine rings is 1. The van der Waals surface area contributed by atoms with Crippen LogP contribution < -0.4 is 4.90 Å². The fourth-order valence-corrected chi connectivity index (χ4v) is 3.25. The van der Waals surface area contributed by atoms with E-state index >= 15 is 0 Å². The molecule has 134 valence electrons. The van der Waals surface area contributed by atoms with Crippen LogP contribution in [0.25, 0.3) is 17.0 Å². The van der Waals surface area contributed by atoms with Crippen LogP contribution in [0.5, 0.6) is 0 Å². The van der Waals surface area contributed by atoms with E-state index in [0.29, 0.717) is 0 Å². The van der Waals surface area contributed by atoms with Crippen LogP contribution in [0.3, 0.4) is 0 Å². The molecule has 0 unspecified atom stereocenters. The molecule has 26 heavy (non-hydrogen) atoms. The van der Waals surface area contributed by atoms with Crippen LogP contribution in [-0.4, -0.2) is 30.6 Å². The van der Waals surface area contributed by atoms with E-state index in [1.54, 1.807) is 13.0 Å². The Labute approximate surface area is 153 Å². The summed E-state index contributed by atoms with van der Waals surface area (Å²) in [5, 5.41) is 10.4. The maximum Gasteiger partial charge on any atom is 0.348 e. The maximum absolute atomic E-state index is 12.0. The lowest BCUT2D eigenvalue weighted by molar-refractivity contribution is -0.137. The molecule has 0 radical (unpaired) electrons. The molecule has 3 rings (SSSR count). The molecule has 0 saturated carbocycles. The van der Waals surface area contributed by atoms with Gasteiger partial charge in [-0.05, 0) is 56.9 Å². The molecule has 5 heteroatoms. The number of nitriles is 1. The summed E-state index contributed by atoms with van der Waals surface area (Å²) in [5.74, 6) is 0.239. The number of fused-ring (bicyclic) bond motifs is 1. The molecule has 1 aliphatic heterocycles. The molecule has 0 bridgehead atoms. The number of carbonyl (C=O) groups is 1. The van der Waals surface area contributed by atoms with Crippen LogP contribution in [0.4, 0.5) is 5.82 Å². The summed E-state index contributed by atoms with van der Waals surface area (Å²) >= 11 is 0. The summed E-state index contributed by atoms with van der Waals surface area (Å²) in [6.45, 7) is 5.89. The third-order valence-corrected chi connectivity index (χ3v) is 4.55. The predicted octanol–water partition coefficient (Wildman–Crippen LogP) is 4.00. The number of aromatic nitrogens is 1. The zero-order valence-electron chi connectivity index (χ0n) is 15.3. The third kappa shape index (κ3) is 3.85. The van der Waals surface area contributed by atoms with E-state index in [2.05, 4.69) is 11.0 Å². The van der Waals surface area contributed by atoms with E-state index in [0.717, 1.165) is 53.8 Å². The van der Waals surface area contributed by atoms with Gasteiger partial charge in [-0.25, -0.2) is 9.78 Å². The van der Waals surface area contributed by atoms with Gasteiger partial charge in [0.25, 0.3) is 0 Å². The van der Waals surface area contributed by atoms with Gasteiger partial charge >= 0.3 is 5.97 Å². The van der Waals surface area contributed by atoms with Crippen molar-refractivity contribution >= 4 is 28.8 Å². The maximum atomic E-state index is 12.0. The first-order chi connectivity index (χ1) is 12.6. The number of rotatable bonds is 4. The summed E-state index contributed by atoms with van der Waals surface area (Å²) in [5.41, 5.74) is 2.87. The highest BCUT2D eigenvalue weighted by Gasteiger charge is 2.18. The van der Waals surface area contributed by atoms with Crippen LogP contribution in [-0.2, 0) is 9.53 Å². The van der Waals surface area contributed by atoms with Crippen molar-refractivity contribution in [2.45, 2.75) is 33.1 Å². The lowest BCUT2D eigenvalue weighted by Crippen LogP contribution is -2.30. The fraction of sp³-hybridized carbons (Fsp3) is 0.381. The number of ether oxygens (including phenoxy) is 1. The first kappa shape index (κ1) is 17.9. The number of benzene rings is 1. The van der Waals surface area contributed by atoms with Crippen molar-refractivity contribution < 1.29 is 9.53 Å². The average Bonchev–Trinajstić information content (AvgIpc) is 2.66. The number of esters is 1. The fourth-order valence-electron chi connectivity index (χ4n) is 3.25. The molecule has 1 aromatic heterocycles. The Morgan fingerprint density at radius 3 is 2.77 bits per heavy atom. The SMILES string of the molecule is CCOC(=O)/C(C#N)=C/c1cc2ccc(C)cc2nc1N1CCCCC1. The van der Waals surface area contributed by atoms with Gasteiger partial charge in [0, 0.05) is 24.0 Å². The monoisotopic (exact) mass is 349 g/mol. The molecule has 0 N–H and O–H groups in total. The molecule has 1 aliphatic rings. The van der Waals surface area contributed by atoms with E-state index in [1.807, 2.05) is 31.2 Å². The molecule has 0 spiro atoms. The quantitative estimate of drug-likeness (QED) is 0.474. The second-order valence-electron chi connectivity index (χ2n) is 6.54. The molecule has 0 amide bonds. The second kappa shape index (κ2) is 8.01. The Bertz CT molecular complexity index is 890. The molecule has 1 saturated heterocycles. The number of hydrogen-bond donors (Lipinski definition) is 0. The zero-order valence-corrected chi connectivity index (χ0v) is 15.3. The van der Waals surface area contributed by atoms with Crippen molar-refractivity contribution in [3.8, 4) is 6.07 Å². The van der Waals surface area contributed by atoms with Crippen molar-refractivity contribution in [2.75, 3.05) is 24.6 Å². The first-order valence-corrected chi connectivity index (χ1v) is 9.07. The van der Waals surface area contributed by atoms with Crippen LogP contribution >= 0.6 is 0 Å². The number of carbonyl (C=O) groups excluding carboxylic acids is 1. The molecular weight excluding hydrogens is 326 g/mol. The molecule has 2 aromatic rings. The van der Waals surface area contributed by atoms with Crippen LogP contribution in [0.1, 0.15) is 37.3 Å². The Hall–Kier alpha value is -2.87. The Morgan fingerprint density at radius 2 is 2.08 bits per heavy atom. The Morgan fingerprint density at radius 1 is 1.31 bits per heavy atom. The van der Waals surface area contributed by atoms with Gasteiger partial charge in [0.2, 0.25) is 0 Å². The molecular formula is C21H23N3O2. The highest BCUT2D eigenvalue weighted by atomic mass is 16.5. The highest BCUT2D eigenvalue weighted by Crippen LogP contribution is 2.28. The minimum Gasteiger partial charge on any atom is -0.462 e. The van der Waals surface area contributed by atoms with Crippen LogP contribution in [0, 0.1) is 18.3 Å². The summed E-state index contributed by atoms with van der Waals surface area (Å²) in [6, 6.07) is 10.1. The Balaban J connectivity index is 2.13. The number of hydrogen-bond acceptors (Lipinski definition) is 5. The van der Waals surface area contributed by atoms with E-state index < -0.39 is 5.97 Å². The van der Waals surface area contributed by atoms with E-state index in [-0.39, 0.29) is 12.2 Å². The molecule has 2 heterocycles. The number of anilines is 1. The van der Waals surface area contributed by atoms with E-state index in [4.69, 9.17) is 9.72 Å². The van der Waals surface area contributed by atoms with Gasteiger partial charge in [0.05, 0.1) is 12.1 Å². The van der Waals surface area contributed by atoms with Crippen molar-refractivity contribution in [2.24, 2.45) is 0 Å². The minimum absolute atomic E-state index is 0.00151. The molecule has 0 aliphatic carbocycles. The number of piperidine rings is 1.